The van der Waals surface area contributed by atoms with Crippen molar-refractivity contribution in [3.63, 3.8) is 0 Å². The van der Waals surface area contributed by atoms with E-state index < -0.39 is 5.97 Å². The van der Waals surface area contributed by atoms with Crippen molar-refractivity contribution < 1.29 is 14.7 Å². The second kappa shape index (κ2) is 7.47. The highest BCUT2D eigenvalue weighted by atomic mass is 16.4. The minimum atomic E-state index is -0.848. The van der Waals surface area contributed by atoms with Gasteiger partial charge in [0, 0.05) is 38.3 Å². The average molecular weight is 292 g/mol. The number of carboxylic acid groups (broad SMARTS) is 1. The number of nitrogens with one attached hydrogen (secondary N) is 2. The molecule has 7 heteroatoms. The van der Waals surface area contributed by atoms with Gasteiger partial charge in [0.2, 0.25) is 0 Å². The molecule has 3 N–H and O–H groups in total. The van der Waals surface area contributed by atoms with Crippen molar-refractivity contribution in [3.05, 3.63) is 24.4 Å². The number of aromatic nitrogens is 1. The number of aliphatic carboxylic acids is 1. The number of rotatable bonds is 6. The summed E-state index contributed by atoms with van der Waals surface area (Å²) in [6.45, 7) is 1.97. The number of urea groups is 1. The van der Waals surface area contributed by atoms with Crippen LogP contribution in [0.5, 0.6) is 0 Å². The van der Waals surface area contributed by atoms with E-state index in [0.29, 0.717) is 13.0 Å². The molecule has 0 aromatic carbocycles. The molecule has 114 valence electrons. The molecule has 1 aliphatic heterocycles. The maximum atomic E-state index is 11.7. The molecule has 2 heterocycles. The van der Waals surface area contributed by atoms with Gasteiger partial charge in [-0.2, -0.15) is 0 Å². The van der Waals surface area contributed by atoms with E-state index in [1.807, 2.05) is 18.2 Å². The van der Waals surface area contributed by atoms with Gasteiger partial charge in [-0.1, -0.05) is 6.07 Å². The minimum absolute atomic E-state index is 0.0666. The molecule has 1 saturated heterocycles. The van der Waals surface area contributed by atoms with E-state index in [4.69, 9.17) is 5.11 Å². The number of carbonyl (C=O) groups excluding carboxylic acids is 1. The number of carbonyl (C=O) groups is 2. The Labute approximate surface area is 123 Å². The van der Waals surface area contributed by atoms with Crippen LogP contribution < -0.4 is 15.5 Å². The summed E-state index contributed by atoms with van der Waals surface area (Å²) in [6, 6.07) is 5.62. The molecular weight excluding hydrogens is 272 g/mol. The van der Waals surface area contributed by atoms with Gasteiger partial charge in [-0.15, -0.1) is 0 Å². The molecular formula is C14H20N4O3. The van der Waals surface area contributed by atoms with Crippen LogP contribution in [-0.2, 0) is 4.79 Å². The van der Waals surface area contributed by atoms with Gasteiger partial charge in [0.15, 0.2) is 0 Å². The number of hydrogen-bond donors (Lipinski definition) is 3. The van der Waals surface area contributed by atoms with E-state index >= 15 is 0 Å². The predicted octanol–water partition coefficient (Wildman–Crippen LogP) is 0.824. The number of nitrogens with zero attached hydrogens (tertiary/aromatic N) is 2. The molecule has 1 atom stereocenters. The molecule has 1 aliphatic rings. The highest BCUT2D eigenvalue weighted by Crippen LogP contribution is 2.17. The standard InChI is InChI=1S/C14H20N4O3/c19-13(20)5-3-8-16-14(21)17-11-6-9-18(10-11)12-4-1-2-7-15-12/h1-2,4,7,11H,3,5-6,8-10H2,(H,19,20)(H2,16,17,21). The summed E-state index contributed by atoms with van der Waals surface area (Å²) in [5, 5.41) is 14.1. The van der Waals surface area contributed by atoms with Crippen LogP contribution in [0.15, 0.2) is 24.4 Å². The highest BCUT2D eigenvalue weighted by Gasteiger charge is 2.24. The van der Waals surface area contributed by atoms with Crippen molar-refractivity contribution in [1.82, 2.24) is 15.6 Å². The Morgan fingerprint density at radius 1 is 1.43 bits per heavy atom. The molecule has 2 amide bonds. The summed E-state index contributed by atoms with van der Waals surface area (Å²) in [4.78, 5) is 28.5. The monoisotopic (exact) mass is 292 g/mol. The minimum Gasteiger partial charge on any atom is -0.481 e. The Bertz CT molecular complexity index is 480. The van der Waals surface area contributed by atoms with Gasteiger partial charge in [0.1, 0.15) is 5.82 Å². The van der Waals surface area contributed by atoms with Crippen molar-refractivity contribution in [2.75, 3.05) is 24.5 Å². The molecule has 0 bridgehead atoms. The van der Waals surface area contributed by atoms with E-state index in [9.17, 15) is 9.59 Å². The SMILES string of the molecule is O=C(O)CCCNC(=O)NC1CCN(c2ccccn2)C1. The van der Waals surface area contributed by atoms with Crippen LogP contribution in [0.25, 0.3) is 0 Å². The number of amides is 2. The zero-order chi connectivity index (χ0) is 15.1. The van der Waals surface area contributed by atoms with E-state index in [1.165, 1.54) is 0 Å². The first-order valence-electron chi connectivity index (χ1n) is 7.07. The summed E-state index contributed by atoms with van der Waals surface area (Å²) in [6.07, 6.45) is 3.13. The van der Waals surface area contributed by atoms with Crippen LogP contribution in [0.2, 0.25) is 0 Å². The lowest BCUT2D eigenvalue weighted by atomic mass is 10.3. The quantitative estimate of drug-likeness (QED) is 0.675. The zero-order valence-corrected chi connectivity index (χ0v) is 11.8. The van der Waals surface area contributed by atoms with Crippen molar-refractivity contribution in [3.8, 4) is 0 Å². The zero-order valence-electron chi connectivity index (χ0n) is 11.8. The predicted molar refractivity (Wildman–Crippen MR) is 78.3 cm³/mol. The van der Waals surface area contributed by atoms with Gasteiger partial charge in [-0.25, -0.2) is 9.78 Å². The smallest absolute Gasteiger partial charge is 0.315 e. The fraction of sp³-hybridized carbons (Fsp3) is 0.500. The largest absolute Gasteiger partial charge is 0.481 e. The maximum absolute atomic E-state index is 11.7. The first-order chi connectivity index (χ1) is 10.1. The second-order valence-corrected chi connectivity index (χ2v) is 5.02. The van der Waals surface area contributed by atoms with E-state index in [0.717, 1.165) is 25.3 Å². The maximum Gasteiger partial charge on any atom is 0.315 e. The second-order valence-electron chi connectivity index (χ2n) is 5.02. The van der Waals surface area contributed by atoms with Crippen LogP contribution in [0.3, 0.4) is 0 Å². The van der Waals surface area contributed by atoms with Gasteiger partial charge in [0.05, 0.1) is 0 Å². The molecule has 1 unspecified atom stereocenters. The van der Waals surface area contributed by atoms with Crippen molar-refractivity contribution in [2.45, 2.75) is 25.3 Å². The molecule has 1 aromatic rings. The summed E-state index contributed by atoms with van der Waals surface area (Å²) in [5.41, 5.74) is 0. The van der Waals surface area contributed by atoms with E-state index in [2.05, 4.69) is 20.5 Å². The normalized spacial score (nSPS) is 17.5. The lowest BCUT2D eigenvalue weighted by Gasteiger charge is -2.17. The average Bonchev–Trinajstić information content (AvgIpc) is 2.93. The molecule has 21 heavy (non-hydrogen) atoms. The first kappa shape index (κ1) is 15.1. The van der Waals surface area contributed by atoms with E-state index in [1.54, 1.807) is 6.20 Å². The molecule has 0 saturated carbocycles. The van der Waals surface area contributed by atoms with Crippen LogP contribution in [0.4, 0.5) is 10.6 Å². The number of anilines is 1. The summed E-state index contributed by atoms with van der Waals surface area (Å²) in [7, 11) is 0. The molecule has 1 fully saturated rings. The Kier molecular flexibility index (Phi) is 5.36. The summed E-state index contributed by atoms with van der Waals surface area (Å²) >= 11 is 0. The number of hydrogen-bond acceptors (Lipinski definition) is 4. The van der Waals surface area contributed by atoms with Crippen molar-refractivity contribution >= 4 is 17.8 Å². The lowest BCUT2D eigenvalue weighted by Crippen LogP contribution is -2.43. The van der Waals surface area contributed by atoms with E-state index in [-0.39, 0.29) is 18.5 Å². The Hall–Kier alpha value is -2.31. The number of carboxylic acids is 1. The van der Waals surface area contributed by atoms with Crippen LogP contribution in [-0.4, -0.2) is 47.8 Å². The molecule has 1 aromatic heterocycles. The summed E-state index contributed by atoms with van der Waals surface area (Å²) < 4.78 is 0. The Morgan fingerprint density at radius 3 is 3.00 bits per heavy atom. The van der Waals surface area contributed by atoms with Crippen LogP contribution in [0, 0.1) is 0 Å². The summed E-state index contributed by atoms with van der Waals surface area (Å²) in [5.74, 6) is 0.0719. The van der Waals surface area contributed by atoms with Gasteiger partial charge < -0.3 is 20.6 Å². The third kappa shape index (κ3) is 4.94. The highest BCUT2D eigenvalue weighted by molar-refractivity contribution is 5.74. The topological polar surface area (TPSA) is 94.6 Å². The fourth-order valence-corrected chi connectivity index (χ4v) is 2.30. The Balaban J connectivity index is 1.68. The van der Waals surface area contributed by atoms with Gasteiger partial charge >= 0.3 is 12.0 Å². The number of pyridine rings is 1. The third-order valence-corrected chi connectivity index (χ3v) is 3.35. The lowest BCUT2D eigenvalue weighted by molar-refractivity contribution is -0.137. The van der Waals surface area contributed by atoms with Gasteiger partial charge in [-0.3, -0.25) is 4.79 Å². The molecule has 2 rings (SSSR count). The molecule has 0 radical (unpaired) electrons. The Morgan fingerprint density at radius 2 is 2.29 bits per heavy atom. The van der Waals surface area contributed by atoms with Crippen molar-refractivity contribution in [1.29, 1.82) is 0 Å². The van der Waals surface area contributed by atoms with Gasteiger partial charge in [-0.05, 0) is 25.0 Å². The third-order valence-electron chi connectivity index (χ3n) is 3.35. The van der Waals surface area contributed by atoms with Crippen LogP contribution >= 0.6 is 0 Å². The molecule has 0 spiro atoms. The first-order valence-corrected chi connectivity index (χ1v) is 7.07. The van der Waals surface area contributed by atoms with Gasteiger partial charge in [0.25, 0.3) is 0 Å². The molecule has 7 nitrogen and oxygen atoms in total. The van der Waals surface area contributed by atoms with Crippen LogP contribution in [0.1, 0.15) is 19.3 Å². The fourth-order valence-electron chi connectivity index (χ4n) is 2.30. The van der Waals surface area contributed by atoms with Crippen molar-refractivity contribution in [2.24, 2.45) is 0 Å². The molecule has 0 aliphatic carbocycles.